The summed E-state index contributed by atoms with van der Waals surface area (Å²) in [6.07, 6.45) is 0.646. The molecule has 7 heteroatoms. The molecule has 7 nitrogen and oxygen atoms in total. The smallest absolute Gasteiger partial charge is 0.292 e. The van der Waals surface area contributed by atoms with E-state index in [1.54, 1.807) is 26.8 Å². The van der Waals surface area contributed by atoms with Crippen molar-refractivity contribution in [2.75, 3.05) is 18.4 Å². The fourth-order valence-electron chi connectivity index (χ4n) is 1.68. The maximum atomic E-state index is 11.5. The number of amides is 1. The first kappa shape index (κ1) is 16.9. The van der Waals surface area contributed by atoms with Gasteiger partial charge in [-0.3, -0.25) is 14.9 Å². The third kappa shape index (κ3) is 5.39. The van der Waals surface area contributed by atoms with E-state index in [1.807, 2.05) is 6.07 Å². The predicted octanol–water partition coefficient (Wildman–Crippen LogP) is 1.56. The van der Waals surface area contributed by atoms with Crippen LogP contribution in [0.3, 0.4) is 0 Å². The molecule has 0 radical (unpaired) electrons. The largest absolute Gasteiger partial charge is 0.379 e. The lowest BCUT2D eigenvalue weighted by molar-refractivity contribution is -0.384. The van der Waals surface area contributed by atoms with Gasteiger partial charge in [-0.1, -0.05) is 6.07 Å². The predicted molar refractivity (Wildman–Crippen MR) is 82.2 cm³/mol. The highest BCUT2D eigenvalue weighted by atomic mass is 16.6. The van der Waals surface area contributed by atoms with Gasteiger partial charge >= 0.3 is 0 Å². The third-order valence-corrected chi connectivity index (χ3v) is 2.89. The second-order valence-corrected chi connectivity index (χ2v) is 5.54. The molecule has 4 N–H and O–H groups in total. The van der Waals surface area contributed by atoms with Gasteiger partial charge in [-0.15, -0.1) is 0 Å². The summed E-state index contributed by atoms with van der Waals surface area (Å²) in [4.78, 5) is 22.1. The molecule has 0 aliphatic rings. The fraction of sp³-hybridized carbons (Fsp3) is 0.500. The Kier molecular flexibility index (Phi) is 5.66. The van der Waals surface area contributed by atoms with E-state index in [2.05, 4.69) is 10.6 Å². The molecule has 1 rings (SSSR count). The van der Waals surface area contributed by atoms with E-state index in [4.69, 9.17) is 5.73 Å². The lowest BCUT2D eigenvalue weighted by atomic mass is 10.1. The standard InChI is InChI=1S/C14H22N4O3/c1-10-5-6-11(12(9-10)18(20)21)16-7-4-8-17-13(19)14(2,3)15/h5-6,9,16H,4,7-8,15H2,1-3H3,(H,17,19). The Hall–Kier alpha value is -2.15. The van der Waals surface area contributed by atoms with Gasteiger partial charge < -0.3 is 16.4 Å². The Morgan fingerprint density at radius 2 is 2.05 bits per heavy atom. The van der Waals surface area contributed by atoms with Crippen molar-refractivity contribution in [1.29, 1.82) is 0 Å². The molecule has 0 saturated heterocycles. The van der Waals surface area contributed by atoms with Crippen LogP contribution in [0.4, 0.5) is 11.4 Å². The van der Waals surface area contributed by atoms with E-state index in [0.29, 0.717) is 25.2 Å². The summed E-state index contributed by atoms with van der Waals surface area (Å²) in [6.45, 7) is 6.06. The fourth-order valence-corrected chi connectivity index (χ4v) is 1.68. The zero-order valence-corrected chi connectivity index (χ0v) is 12.6. The molecule has 0 fully saturated rings. The Labute approximate surface area is 124 Å². The summed E-state index contributed by atoms with van der Waals surface area (Å²) in [5.41, 5.74) is 6.13. The van der Waals surface area contributed by atoms with Crippen LogP contribution in [0.25, 0.3) is 0 Å². The molecule has 0 aromatic heterocycles. The molecule has 21 heavy (non-hydrogen) atoms. The number of nitrogens with zero attached hydrogens (tertiary/aromatic N) is 1. The third-order valence-electron chi connectivity index (χ3n) is 2.89. The van der Waals surface area contributed by atoms with Crippen LogP contribution in [0.15, 0.2) is 18.2 Å². The van der Waals surface area contributed by atoms with Crippen LogP contribution in [0.1, 0.15) is 25.8 Å². The van der Waals surface area contributed by atoms with Crippen molar-refractivity contribution in [2.45, 2.75) is 32.7 Å². The quantitative estimate of drug-likeness (QED) is 0.401. The number of nitro groups is 1. The number of hydrogen-bond acceptors (Lipinski definition) is 5. The molecule has 0 atom stereocenters. The second-order valence-electron chi connectivity index (χ2n) is 5.54. The van der Waals surface area contributed by atoms with Crippen LogP contribution in [0.5, 0.6) is 0 Å². The van der Waals surface area contributed by atoms with Crippen LogP contribution in [-0.2, 0) is 4.79 Å². The maximum Gasteiger partial charge on any atom is 0.292 e. The van der Waals surface area contributed by atoms with Crippen LogP contribution in [-0.4, -0.2) is 29.5 Å². The molecule has 0 aliphatic heterocycles. The molecular weight excluding hydrogens is 272 g/mol. The Bertz CT molecular complexity index is 523. The summed E-state index contributed by atoms with van der Waals surface area (Å²) in [6, 6.07) is 5.03. The Morgan fingerprint density at radius 3 is 2.62 bits per heavy atom. The number of carbonyl (C=O) groups excluding carboxylic acids is 1. The number of nitrogens with two attached hydrogens (primary N) is 1. The Morgan fingerprint density at radius 1 is 1.38 bits per heavy atom. The number of rotatable bonds is 7. The van der Waals surface area contributed by atoms with Crippen molar-refractivity contribution in [2.24, 2.45) is 5.73 Å². The molecule has 0 bridgehead atoms. The van der Waals surface area contributed by atoms with Gasteiger partial charge in [0, 0.05) is 19.2 Å². The van der Waals surface area contributed by atoms with Crippen molar-refractivity contribution in [3.05, 3.63) is 33.9 Å². The lowest BCUT2D eigenvalue weighted by Crippen LogP contribution is -2.49. The number of hydrogen-bond donors (Lipinski definition) is 3. The summed E-state index contributed by atoms with van der Waals surface area (Å²) in [5.74, 6) is -0.219. The number of nitrogens with one attached hydrogen (secondary N) is 2. The van der Waals surface area contributed by atoms with Crippen molar-refractivity contribution >= 4 is 17.3 Å². The SMILES string of the molecule is Cc1ccc(NCCCNC(=O)C(C)(C)N)c([N+](=O)[O-])c1. The minimum absolute atomic E-state index is 0.0575. The lowest BCUT2D eigenvalue weighted by Gasteiger charge is -2.17. The normalized spacial score (nSPS) is 11.0. The molecule has 1 aromatic carbocycles. The average Bonchev–Trinajstić information content (AvgIpc) is 2.38. The first-order valence-electron chi connectivity index (χ1n) is 6.78. The van der Waals surface area contributed by atoms with E-state index in [9.17, 15) is 14.9 Å². The van der Waals surface area contributed by atoms with Crippen LogP contribution < -0.4 is 16.4 Å². The zero-order valence-electron chi connectivity index (χ0n) is 12.6. The number of benzene rings is 1. The van der Waals surface area contributed by atoms with Crippen molar-refractivity contribution in [1.82, 2.24) is 5.32 Å². The molecule has 0 aliphatic carbocycles. The van der Waals surface area contributed by atoms with Gasteiger partial charge in [0.25, 0.3) is 5.69 Å². The highest BCUT2D eigenvalue weighted by Gasteiger charge is 2.20. The van der Waals surface area contributed by atoms with Gasteiger partial charge in [-0.25, -0.2) is 0 Å². The van der Waals surface area contributed by atoms with Crippen LogP contribution in [0.2, 0.25) is 0 Å². The van der Waals surface area contributed by atoms with Crippen molar-refractivity contribution < 1.29 is 9.72 Å². The van der Waals surface area contributed by atoms with E-state index < -0.39 is 10.5 Å². The van der Waals surface area contributed by atoms with E-state index in [1.165, 1.54) is 6.07 Å². The molecule has 1 aromatic rings. The van der Waals surface area contributed by atoms with Gasteiger partial charge in [-0.05, 0) is 38.8 Å². The summed E-state index contributed by atoms with van der Waals surface area (Å²) >= 11 is 0. The first-order valence-corrected chi connectivity index (χ1v) is 6.78. The van der Waals surface area contributed by atoms with Gasteiger partial charge in [-0.2, -0.15) is 0 Å². The summed E-state index contributed by atoms with van der Waals surface area (Å²) < 4.78 is 0. The van der Waals surface area contributed by atoms with Gasteiger partial charge in [0.1, 0.15) is 5.69 Å². The van der Waals surface area contributed by atoms with E-state index in [0.717, 1.165) is 5.56 Å². The van der Waals surface area contributed by atoms with Gasteiger partial charge in [0.15, 0.2) is 0 Å². The summed E-state index contributed by atoms with van der Waals surface area (Å²) in [7, 11) is 0. The van der Waals surface area contributed by atoms with Crippen molar-refractivity contribution in [3.63, 3.8) is 0 Å². The molecular formula is C14H22N4O3. The van der Waals surface area contributed by atoms with Crippen molar-refractivity contribution in [3.8, 4) is 0 Å². The van der Waals surface area contributed by atoms with E-state index >= 15 is 0 Å². The minimum atomic E-state index is -0.900. The second kappa shape index (κ2) is 7.03. The number of carbonyl (C=O) groups is 1. The van der Waals surface area contributed by atoms with Crippen LogP contribution >= 0.6 is 0 Å². The number of anilines is 1. The molecule has 0 spiro atoms. The first-order chi connectivity index (χ1) is 9.71. The highest BCUT2D eigenvalue weighted by molar-refractivity contribution is 5.84. The average molecular weight is 294 g/mol. The molecule has 0 heterocycles. The highest BCUT2D eigenvalue weighted by Crippen LogP contribution is 2.24. The van der Waals surface area contributed by atoms with E-state index in [-0.39, 0.29) is 11.6 Å². The molecule has 1 amide bonds. The number of nitro benzene ring substituents is 1. The minimum Gasteiger partial charge on any atom is -0.379 e. The Balaban J connectivity index is 2.43. The monoisotopic (exact) mass is 294 g/mol. The summed E-state index contributed by atoms with van der Waals surface area (Å²) in [5, 5.41) is 16.7. The van der Waals surface area contributed by atoms with Gasteiger partial charge in [0.2, 0.25) is 5.91 Å². The van der Waals surface area contributed by atoms with Crippen LogP contribution in [0, 0.1) is 17.0 Å². The van der Waals surface area contributed by atoms with Gasteiger partial charge in [0.05, 0.1) is 10.5 Å². The number of aryl methyl sites for hydroxylation is 1. The maximum absolute atomic E-state index is 11.5. The molecule has 116 valence electrons. The molecule has 0 unspecified atom stereocenters. The zero-order chi connectivity index (χ0) is 16.0. The molecule has 0 saturated carbocycles. The topological polar surface area (TPSA) is 110 Å².